The van der Waals surface area contributed by atoms with Gasteiger partial charge in [0.2, 0.25) is 5.91 Å². The van der Waals surface area contributed by atoms with Crippen molar-refractivity contribution in [2.75, 3.05) is 32.7 Å². The van der Waals surface area contributed by atoms with Gasteiger partial charge in [-0.25, -0.2) is 0 Å². The summed E-state index contributed by atoms with van der Waals surface area (Å²) in [6, 6.07) is 0.512. The van der Waals surface area contributed by atoms with E-state index in [0.717, 1.165) is 26.2 Å². The van der Waals surface area contributed by atoms with Crippen molar-refractivity contribution in [2.24, 2.45) is 5.92 Å². The highest BCUT2D eigenvalue weighted by molar-refractivity contribution is 5.77. The molecular weight excluding hydrogens is 190 g/mol. The zero-order valence-electron chi connectivity index (χ0n) is 10.0. The van der Waals surface area contributed by atoms with Gasteiger partial charge in [-0.15, -0.1) is 0 Å². The number of rotatable bonds is 5. The largest absolute Gasteiger partial charge is 0.355 e. The van der Waals surface area contributed by atoms with E-state index in [1.807, 2.05) is 6.92 Å². The summed E-state index contributed by atoms with van der Waals surface area (Å²) in [6.07, 6.45) is 0. The lowest BCUT2D eigenvalue weighted by Gasteiger charge is -2.29. The Hall–Kier alpha value is -0.610. The Morgan fingerprint density at radius 1 is 1.47 bits per heavy atom. The minimum atomic E-state index is 0.137. The third-order valence-electron chi connectivity index (χ3n) is 3.07. The fourth-order valence-electron chi connectivity index (χ4n) is 2.19. The number of hydrogen-bond acceptors (Lipinski definition) is 3. The van der Waals surface area contributed by atoms with Crippen molar-refractivity contribution in [2.45, 2.75) is 26.8 Å². The average Bonchev–Trinajstić information content (AvgIpc) is 2.61. The molecule has 1 heterocycles. The molecule has 0 aromatic carbocycles. The van der Waals surface area contributed by atoms with Gasteiger partial charge in [-0.1, -0.05) is 13.8 Å². The van der Waals surface area contributed by atoms with E-state index >= 15 is 0 Å². The SMILES string of the molecule is CCNC(=O)CN(CC)C1CNCC1C. The molecule has 88 valence electrons. The third kappa shape index (κ3) is 3.47. The fraction of sp³-hybridized carbons (Fsp3) is 0.909. The van der Waals surface area contributed by atoms with Crippen LogP contribution in [-0.2, 0) is 4.79 Å². The molecule has 4 heteroatoms. The summed E-state index contributed by atoms with van der Waals surface area (Å²) in [7, 11) is 0. The van der Waals surface area contributed by atoms with Gasteiger partial charge in [0.1, 0.15) is 0 Å². The molecule has 0 aromatic heterocycles. The van der Waals surface area contributed by atoms with Gasteiger partial charge in [-0.2, -0.15) is 0 Å². The first-order chi connectivity index (χ1) is 7.19. The highest BCUT2D eigenvalue weighted by atomic mass is 16.2. The lowest BCUT2D eigenvalue weighted by atomic mass is 10.0. The molecule has 2 unspecified atom stereocenters. The third-order valence-corrected chi connectivity index (χ3v) is 3.07. The first-order valence-corrected chi connectivity index (χ1v) is 5.90. The molecule has 15 heavy (non-hydrogen) atoms. The van der Waals surface area contributed by atoms with Gasteiger partial charge in [-0.05, 0) is 25.9 Å². The van der Waals surface area contributed by atoms with E-state index in [2.05, 4.69) is 29.4 Å². The van der Waals surface area contributed by atoms with Crippen LogP contribution in [0.5, 0.6) is 0 Å². The molecule has 0 bridgehead atoms. The Labute approximate surface area is 92.4 Å². The Morgan fingerprint density at radius 2 is 2.20 bits per heavy atom. The summed E-state index contributed by atoms with van der Waals surface area (Å²) >= 11 is 0. The molecule has 1 fully saturated rings. The molecular formula is C11H23N3O. The maximum atomic E-state index is 11.5. The van der Waals surface area contributed by atoms with Crippen LogP contribution in [0.4, 0.5) is 0 Å². The summed E-state index contributed by atoms with van der Waals surface area (Å²) in [4.78, 5) is 13.8. The molecule has 1 amide bonds. The number of nitrogens with zero attached hydrogens (tertiary/aromatic N) is 1. The van der Waals surface area contributed by atoms with Gasteiger partial charge < -0.3 is 10.6 Å². The number of amides is 1. The topological polar surface area (TPSA) is 44.4 Å². The second kappa shape index (κ2) is 6.08. The van der Waals surface area contributed by atoms with Crippen LogP contribution in [0.2, 0.25) is 0 Å². The predicted octanol–water partition coefficient (Wildman–Crippen LogP) is 0.0523. The zero-order chi connectivity index (χ0) is 11.3. The molecule has 1 rings (SSSR count). The lowest BCUT2D eigenvalue weighted by molar-refractivity contribution is -0.122. The Bertz CT molecular complexity index is 208. The van der Waals surface area contributed by atoms with Crippen LogP contribution in [0.3, 0.4) is 0 Å². The Kier molecular flexibility index (Phi) is 5.05. The van der Waals surface area contributed by atoms with Crippen molar-refractivity contribution >= 4 is 5.91 Å². The first kappa shape index (κ1) is 12.5. The molecule has 2 atom stereocenters. The van der Waals surface area contributed by atoms with E-state index in [9.17, 15) is 4.79 Å². The molecule has 1 saturated heterocycles. The first-order valence-electron chi connectivity index (χ1n) is 5.90. The van der Waals surface area contributed by atoms with Crippen LogP contribution < -0.4 is 10.6 Å². The van der Waals surface area contributed by atoms with Crippen LogP contribution in [0.25, 0.3) is 0 Å². The number of likely N-dealkylation sites (N-methyl/N-ethyl adjacent to an activating group) is 2. The van der Waals surface area contributed by atoms with Crippen molar-refractivity contribution in [3.8, 4) is 0 Å². The van der Waals surface area contributed by atoms with E-state index in [0.29, 0.717) is 18.5 Å². The molecule has 0 radical (unpaired) electrons. The quantitative estimate of drug-likeness (QED) is 0.678. The van der Waals surface area contributed by atoms with Crippen LogP contribution in [0, 0.1) is 5.92 Å². The van der Waals surface area contributed by atoms with Crippen LogP contribution in [-0.4, -0.2) is 49.6 Å². The lowest BCUT2D eigenvalue weighted by Crippen LogP contribution is -2.45. The summed E-state index contributed by atoms with van der Waals surface area (Å²) in [5, 5.41) is 6.22. The normalized spacial score (nSPS) is 25.9. The molecule has 0 aromatic rings. The highest BCUT2D eigenvalue weighted by Crippen LogP contribution is 2.14. The smallest absolute Gasteiger partial charge is 0.234 e. The average molecular weight is 213 g/mol. The van der Waals surface area contributed by atoms with Crippen LogP contribution in [0.1, 0.15) is 20.8 Å². The highest BCUT2D eigenvalue weighted by Gasteiger charge is 2.28. The molecule has 0 saturated carbocycles. The van der Waals surface area contributed by atoms with Crippen LogP contribution >= 0.6 is 0 Å². The zero-order valence-corrected chi connectivity index (χ0v) is 10.0. The number of nitrogens with one attached hydrogen (secondary N) is 2. The minimum Gasteiger partial charge on any atom is -0.355 e. The maximum Gasteiger partial charge on any atom is 0.234 e. The number of carbonyl (C=O) groups excluding carboxylic acids is 1. The molecule has 1 aliphatic rings. The van der Waals surface area contributed by atoms with Crippen molar-refractivity contribution in [1.29, 1.82) is 0 Å². The van der Waals surface area contributed by atoms with Gasteiger partial charge in [0.15, 0.2) is 0 Å². The van der Waals surface area contributed by atoms with Crippen molar-refractivity contribution < 1.29 is 4.79 Å². The van der Waals surface area contributed by atoms with E-state index in [1.54, 1.807) is 0 Å². The Morgan fingerprint density at radius 3 is 2.67 bits per heavy atom. The van der Waals surface area contributed by atoms with E-state index in [1.165, 1.54) is 0 Å². The maximum absolute atomic E-state index is 11.5. The molecule has 4 nitrogen and oxygen atoms in total. The minimum absolute atomic E-state index is 0.137. The molecule has 0 spiro atoms. The summed E-state index contributed by atoms with van der Waals surface area (Å²) in [5.74, 6) is 0.776. The van der Waals surface area contributed by atoms with Gasteiger partial charge in [0, 0.05) is 19.1 Å². The number of hydrogen-bond donors (Lipinski definition) is 2. The Balaban J connectivity index is 2.44. The molecule has 2 N–H and O–H groups in total. The molecule has 1 aliphatic heterocycles. The predicted molar refractivity (Wildman–Crippen MR) is 61.8 cm³/mol. The van der Waals surface area contributed by atoms with Gasteiger partial charge >= 0.3 is 0 Å². The summed E-state index contributed by atoms with van der Waals surface area (Å²) < 4.78 is 0. The van der Waals surface area contributed by atoms with E-state index in [4.69, 9.17) is 0 Å². The summed E-state index contributed by atoms with van der Waals surface area (Å²) in [5.41, 5.74) is 0. The standard InChI is InChI=1S/C11H23N3O/c1-4-13-11(15)8-14(5-2)10-7-12-6-9(10)3/h9-10,12H,4-8H2,1-3H3,(H,13,15). The fourth-order valence-corrected chi connectivity index (χ4v) is 2.19. The van der Waals surface area contributed by atoms with Gasteiger partial charge in [0.05, 0.1) is 6.54 Å². The van der Waals surface area contributed by atoms with E-state index in [-0.39, 0.29) is 5.91 Å². The van der Waals surface area contributed by atoms with Crippen molar-refractivity contribution in [3.63, 3.8) is 0 Å². The monoisotopic (exact) mass is 213 g/mol. The van der Waals surface area contributed by atoms with Crippen molar-refractivity contribution in [1.82, 2.24) is 15.5 Å². The second-order valence-corrected chi connectivity index (χ2v) is 4.22. The van der Waals surface area contributed by atoms with E-state index < -0.39 is 0 Å². The van der Waals surface area contributed by atoms with Crippen molar-refractivity contribution in [3.05, 3.63) is 0 Å². The number of carbonyl (C=O) groups is 1. The van der Waals surface area contributed by atoms with Gasteiger partial charge in [-0.3, -0.25) is 9.69 Å². The summed E-state index contributed by atoms with van der Waals surface area (Å²) in [6.45, 7) is 10.6. The van der Waals surface area contributed by atoms with Crippen LogP contribution in [0.15, 0.2) is 0 Å². The second-order valence-electron chi connectivity index (χ2n) is 4.22. The van der Waals surface area contributed by atoms with Gasteiger partial charge in [0.25, 0.3) is 0 Å². The molecule has 0 aliphatic carbocycles.